The topological polar surface area (TPSA) is 82.1 Å². The molecule has 1 saturated heterocycles. The van der Waals surface area contributed by atoms with Gasteiger partial charge in [0.1, 0.15) is 23.7 Å². The molecule has 7 heteroatoms. The molecule has 7 nitrogen and oxygen atoms in total. The molecule has 0 saturated carbocycles. The van der Waals surface area contributed by atoms with Gasteiger partial charge in [-0.2, -0.15) is 0 Å². The van der Waals surface area contributed by atoms with Crippen LogP contribution in [-0.2, 0) is 19.0 Å². The molecule has 0 unspecified atom stereocenters. The van der Waals surface area contributed by atoms with Gasteiger partial charge in [0.25, 0.3) is 0 Å². The molecule has 1 aliphatic rings. The zero-order valence-electron chi connectivity index (χ0n) is 15.9. The molecular weight excluding hydrogens is 338 g/mol. The molecular formula is C19H25NO6. The van der Waals surface area contributed by atoms with Crippen LogP contribution in [0.25, 0.3) is 0 Å². The van der Waals surface area contributed by atoms with E-state index in [0.717, 1.165) is 6.29 Å². The predicted octanol–water partition coefficient (Wildman–Crippen LogP) is 3.09. The van der Waals surface area contributed by atoms with E-state index in [0.29, 0.717) is 11.1 Å². The standard InChI is InChI=1S/C19H25NO6/c1-18(2,3)26-17(23)20-14(13-9-7-12(11-21)8-10-13)15(16(22)24-6)25-19(20,4)5/h7-11,14-15H,1-6H3/t14-,15+/m0/s1. The number of hydrogen-bond acceptors (Lipinski definition) is 6. The van der Waals surface area contributed by atoms with E-state index in [4.69, 9.17) is 14.2 Å². The second kappa shape index (κ2) is 7.07. The Kier molecular flexibility index (Phi) is 5.41. The Hall–Kier alpha value is -2.41. The molecule has 1 heterocycles. The van der Waals surface area contributed by atoms with Crippen LogP contribution < -0.4 is 0 Å². The molecule has 0 aliphatic carbocycles. The highest BCUT2D eigenvalue weighted by Crippen LogP contribution is 2.43. The van der Waals surface area contributed by atoms with Crippen LogP contribution in [-0.4, -0.2) is 47.8 Å². The molecule has 0 N–H and O–H groups in total. The Balaban J connectivity index is 2.50. The SMILES string of the molecule is COC(=O)[C@@H]1OC(C)(C)N(C(=O)OC(C)(C)C)[C@H]1c1ccc(C=O)cc1. The van der Waals surface area contributed by atoms with Crippen LogP contribution in [0.15, 0.2) is 24.3 Å². The summed E-state index contributed by atoms with van der Waals surface area (Å²) >= 11 is 0. The predicted molar refractivity (Wildman–Crippen MR) is 93.6 cm³/mol. The van der Waals surface area contributed by atoms with Gasteiger partial charge in [-0.15, -0.1) is 0 Å². The molecule has 1 aliphatic heterocycles. The Morgan fingerprint density at radius 1 is 1.19 bits per heavy atom. The average Bonchev–Trinajstić information content (AvgIpc) is 2.84. The fraction of sp³-hybridized carbons (Fsp3) is 0.526. The minimum atomic E-state index is -1.09. The molecule has 1 amide bonds. The van der Waals surface area contributed by atoms with Gasteiger partial charge in [0.2, 0.25) is 0 Å². The van der Waals surface area contributed by atoms with E-state index in [1.807, 2.05) is 0 Å². The molecule has 2 atom stereocenters. The molecule has 0 spiro atoms. The third kappa shape index (κ3) is 4.04. The van der Waals surface area contributed by atoms with Gasteiger partial charge < -0.3 is 14.2 Å². The van der Waals surface area contributed by atoms with E-state index >= 15 is 0 Å². The van der Waals surface area contributed by atoms with Gasteiger partial charge in [0.15, 0.2) is 6.10 Å². The van der Waals surface area contributed by atoms with Crippen LogP contribution in [0.1, 0.15) is 56.6 Å². The largest absolute Gasteiger partial charge is 0.467 e. The summed E-state index contributed by atoms with van der Waals surface area (Å²) < 4.78 is 16.2. The normalized spacial score (nSPS) is 22.0. The van der Waals surface area contributed by atoms with Gasteiger partial charge in [0.05, 0.1) is 7.11 Å². The van der Waals surface area contributed by atoms with Gasteiger partial charge >= 0.3 is 12.1 Å². The molecule has 0 radical (unpaired) electrons. The third-order valence-electron chi connectivity index (χ3n) is 4.00. The summed E-state index contributed by atoms with van der Waals surface area (Å²) in [6.45, 7) is 8.67. The molecule has 26 heavy (non-hydrogen) atoms. The minimum absolute atomic E-state index is 0.491. The molecule has 0 bridgehead atoms. The molecule has 1 aromatic rings. The number of hydrogen-bond donors (Lipinski definition) is 0. The first-order chi connectivity index (χ1) is 12.0. The van der Waals surface area contributed by atoms with Crippen molar-refractivity contribution in [2.45, 2.75) is 58.1 Å². The lowest BCUT2D eigenvalue weighted by molar-refractivity contribution is -0.158. The lowest BCUT2D eigenvalue weighted by atomic mass is 9.99. The van der Waals surface area contributed by atoms with Crippen molar-refractivity contribution in [2.75, 3.05) is 7.11 Å². The van der Waals surface area contributed by atoms with E-state index in [2.05, 4.69) is 0 Å². The van der Waals surface area contributed by atoms with Crippen molar-refractivity contribution in [3.8, 4) is 0 Å². The maximum absolute atomic E-state index is 12.9. The second-order valence-corrected chi connectivity index (χ2v) is 7.59. The van der Waals surface area contributed by atoms with E-state index in [1.165, 1.54) is 12.0 Å². The number of rotatable bonds is 3. The molecule has 1 fully saturated rings. The highest BCUT2D eigenvalue weighted by atomic mass is 16.6. The summed E-state index contributed by atoms with van der Waals surface area (Å²) in [6.07, 6.45) is -0.884. The van der Waals surface area contributed by atoms with E-state index in [9.17, 15) is 14.4 Å². The minimum Gasteiger partial charge on any atom is -0.467 e. The summed E-state index contributed by atoms with van der Waals surface area (Å²) in [6, 6.07) is 5.87. The zero-order chi connectivity index (χ0) is 19.7. The molecule has 2 rings (SSSR count). The summed E-state index contributed by atoms with van der Waals surface area (Å²) in [5, 5.41) is 0. The molecule has 0 aromatic heterocycles. The van der Waals surface area contributed by atoms with Crippen molar-refractivity contribution >= 4 is 18.3 Å². The fourth-order valence-corrected chi connectivity index (χ4v) is 2.94. The Morgan fingerprint density at radius 2 is 1.77 bits per heavy atom. The van der Waals surface area contributed by atoms with Crippen LogP contribution in [0.3, 0.4) is 0 Å². The van der Waals surface area contributed by atoms with Crippen molar-refractivity contribution < 1.29 is 28.6 Å². The zero-order valence-corrected chi connectivity index (χ0v) is 15.9. The molecule has 1 aromatic carbocycles. The highest BCUT2D eigenvalue weighted by molar-refractivity contribution is 5.80. The Morgan fingerprint density at radius 3 is 2.23 bits per heavy atom. The van der Waals surface area contributed by atoms with Crippen molar-refractivity contribution in [3.05, 3.63) is 35.4 Å². The summed E-state index contributed by atoms with van der Waals surface area (Å²) in [5.41, 5.74) is -0.662. The Bertz CT molecular complexity index is 689. The van der Waals surface area contributed by atoms with Gasteiger partial charge in [-0.05, 0) is 40.2 Å². The first-order valence-electron chi connectivity index (χ1n) is 8.33. The third-order valence-corrected chi connectivity index (χ3v) is 4.00. The smallest absolute Gasteiger partial charge is 0.413 e. The second-order valence-electron chi connectivity index (χ2n) is 7.59. The van der Waals surface area contributed by atoms with Crippen LogP contribution in [0.2, 0.25) is 0 Å². The highest BCUT2D eigenvalue weighted by Gasteiger charge is 2.55. The number of esters is 1. The number of aldehydes is 1. The number of nitrogens with zero attached hydrogens (tertiary/aromatic N) is 1. The monoisotopic (exact) mass is 363 g/mol. The van der Waals surface area contributed by atoms with Crippen LogP contribution in [0.5, 0.6) is 0 Å². The van der Waals surface area contributed by atoms with Crippen LogP contribution >= 0.6 is 0 Å². The van der Waals surface area contributed by atoms with Gasteiger partial charge in [0, 0.05) is 5.56 Å². The van der Waals surface area contributed by atoms with E-state index < -0.39 is 35.5 Å². The maximum Gasteiger partial charge on any atom is 0.413 e. The van der Waals surface area contributed by atoms with Crippen LogP contribution in [0.4, 0.5) is 4.79 Å². The maximum atomic E-state index is 12.9. The van der Waals surface area contributed by atoms with E-state index in [-0.39, 0.29) is 0 Å². The average molecular weight is 363 g/mol. The number of ether oxygens (including phenoxy) is 3. The number of amides is 1. The number of benzene rings is 1. The first-order valence-corrected chi connectivity index (χ1v) is 8.33. The Labute approximate surface area is 153 Å². The number of carbonyl (C=O) groups excluding carboxylic acids is 3. The lowest BCUT2D eigenvalue weighted by Crippen LogP contribution is -2.47. The summed E-state index contributed by atoms with van der Waals surface area (Å²) in [5.74, 6) is -0.589. The first kappa shape index (κ1) is 19.9. The molecule has 142 valence electrons. The van der Waals surface area contributed by atoms with Gasteiger partial charge in [-0.1, -0.05) is 24.3 Å². The van der Waals surface area contributed by atoms with Crippen LogP contribution in [0, 0.1) is 0 Å². The summed E-state index contributed by atoms with van der Waals surface area (Å²) in [4.78, 5) is 37.4. The van der Waals surface area contributed by atoms with Gasteiger partial charge in [-0.3, -0.25) is 9.69 Å². The number of carbonyl (C=O) groups is 3. The summed E-state index contributed by atoms with van der Waals surface area (Å²) in [7, 11) is 1.27. The van der Waals surface area contributed by atoms with Crippen molar-refractivity contribution in [1.82, 2.24) is 4.90 Å². The van der Waals surface area contributed by atoms with Gasteiger partial charge in [-0.25, -0.2) is 9.59 Å². The fourth-order valence-electron chi connectivity index (χ4n) is 2.94. The van der Waals surface area contributed by atoms with Crippen molar-refractivity contribution in [3.63, 3.8) is 0 Å². The van der Waals surface area contributed by atoms with Crippen molar-refractivity contribution in [2.24, 2.45) is 0 Å². The number of methoxy groups -OCH3 is 1. The van der Waals surface area contributed by atoms with E-state index in [1.54, 1.807) is 58.9 Å². The lowest BCUT2D eigenvalue weighted by Gasteiger charge is -2.35. The van der Waals surface area contributed by atoms with Crippen molar-refractivity contribution in [1.29, 1.82) is 0 Å². The quantitative estimate of drug-likeness (QED) is 0.606.